The highest BCUT2D eigenvalue weighted by atomic mass is 16.2. The molecule has 4 heteroatoms. The number of hydrazine groups is 1. The van der Waals surface area contributed by atoms with Gasteiger partial charge in [0.2, 0.25) is 5.91 Å². The molecule has 1 saturated heterocycles. The van der Waals surface area contributed by atoms with Crippen LogP contribution in [0.15, 0.2) is 0 Å². The van der Waals surface area contributed by atoms with Gasteiger partial charge >= 0.3 is 0 Å². The van der Waals surface area contributed by atoms with E-state index in [0.29, 0.717) is 25.4 Å². The Morgan fingerprint density at radius 3 is 2.60 bits per heavy atom. The van der Waals surface area contributed by atoms with Crippen molar-refractivity contribution in [3.63, 3.8) is 0 Å². The van der Waals surface area contributed by atoms with Crippen molar-refractivity contribution in [3.05, 3.63) is 0 Å². The van der Waals surface area contributed by atoms with Crippen LogP contribution >= 0.6 is 0 Å². The molecule has 1 aliphatic heterocycles. The normalized spacial score (nSPS) is 22.9. The van der Waals surface area contributed by atoms with Crippen molar-refractivity contribution in [2.75, 3.05) is 13.1 Å². The minimum absolute atomic E-state index is 0.0193. The minimum Gasteiger partial charge on any atom is -0.330 e. The van der Waals surface area contributed by atoms with Gasteiger partial charge in [-0.3, -0.25) is 9.80 Å². The molecule has 1 aliphatic rings. The Morgan fingerprint density at radius 2 is 2.20 bits per heavy atom. The molecule has 0 radical (unpaired) electrons. The standard InChI is InChI=1S/C11H23N3O/c1-8(2)9-5-10(15)14(13-9)7-11(3,4)6-12/h8-9,13H,5-7,12H2,1-4H3. The summed E-state index contributed by atoms with van der Waals surface area (Å²) in [6, 6.07) is 0.283. The summed E-state index contributed by atoms with van der Waals surface area (Å²) in [4.78, 5) is 11.7. The molecule has 0 bridgehead atoms. The van der Waals surface area contributed by atoms with E-state index >= 15 is 0 Å². The van der Waals surface area contributed by atoms with Gasteiger partial charge in [-0.1, -0.05) is 27.7 Å². The first-order valence-corrected chi connectivity index (χ1v) is 5.62. The van der Waals surface area contributed by atoms with Crippen LogP contribution in [0.3, 0.4) is 0 Å². The summed E-state index contributed by atoms with van der Waals surface area (Å²) < 4.78 is 0. The Bertz CT molecular complexity index is 238. The number of carbonyl (C=O) groups is 1. The second-order valence-corrected chi connectivity index (χ2v) is 5.53. The predicted molar refractivity (Wildman–Crippen MR) is 60.9 cm³/mol. The van der Waals surface area contributed by atoms with Crippen molar-refractivity contribution in [1.82, 2.24) is 10.4 Å². The van der Waals surface area contributed by atoms with Gasteiger partial charge in [0, 0.05) is 19.0 Å². The molecule has 1 atom stereocenters. The van der Waals surface area contributed by atoms with Crippen LogP contribution in [0.2, 0.25) is 0 Å². The SMILES string of the molecule is CC(C)C1CC(=O)N(CC(C)(C)CN)N1. The van der Waals surface area contributed by atoms with Crippen LogP contribution in [-0.2, 0) is 4.79 Å². The fraction of sp³-hybridized carbons (Fsp3) is 0.909. The third-order valence-electron chi connectivity index (χ3n) is 2.96. The summed E-state index contributed by atoms with van der Waals surface area (Å²) in [5, 5.41) is 1.73. The van der Waals surface area contributed by atoms with Crippen molar-refractivity contribution in [2.24, 2.45) is 17.1 Å². The maximum Gasteiger partial charge on any atom is 0.238 e. The third-order valence-corrected chi connectivity index (χ3v) is 2.96. The number of carbonyl (C=O) groups excluding carboxylic acids is 1. The van der Waals surface area contributed by atoms with Gasteiger partial charge in [-0.25, -0.2) is 5.43 Å². The maximum absolute atomic E-state index is 11.7. The van der Waals surface area contributed by atoms with Crippen molar-refractivity contribution in [2.45, 2.75) is 40.2 Å². The van der Waals surface area contributed by atoms with Gasteiger partial charge in [0.15, 0.2) is 0 Å². The molecular formula is C11H23N3O. The van der Waals surface area contributed by atoms with Gasteiger partial charge in [-0.05, 0) is 17.9 Å². The molecule has 3 N–H and O–H groups in total. The number of nitrogens with zero attached hydrogens (tertiary/aromatic N) is 1. The molecule has 0 aliphatic carbocycles. The van der Waals surface area contributed by atoms with Gasteiger partial charge in [0.25, 0.3) is 0 Å². The molecule has 0 aromatic heterocycles. The van der Waals surface area contributed by atoms with Crippen molar-refractivity contribution in [3.8, 4) is 0 Å². The van der Waals surface area contributed by atoms with E-state index in [1.165, 1.54) is 0 Å². The molecule has 0 aromatic rings. The summed E-state index contributed by atoms with van der Waals surface area (Å²) in [6.45, 7) is 9.68. The van der Waals surface area contributed by atoms with Crippen LogP contribution in [0.1, 0.15) is 34.1 Å². The van der Waals surface area contributed by atoms with E-state index in [2.05, 4.69) is 33.1 Å². The molecule has 0 aromatic carbocycles. The zero-order valence-corrected chi connectivity index (χ0v) is 10.2. The highest BCUT2D eigenvalue weighted by molar-refractivity contribution is 5.78. The topological polar surface area (TPSA) is 58.4 Å². The number of hydrogen-bond acceptors (Lipinski definition) is 3. The summed E-state index contributed by atoms with van der Waals surface area (Å²) in [5.41, 5.74) is 8.90. The molecule has 1 fully saturated rings. The quantitative estimate of drug-likeness (QED) is 0.724. The third kappa shape index (κ3) is 3.18. The van der Waals surface area contributed by atoms with E-state index < -0.39 is 0 Å². The van der Waals surface area contributed by atoms with Crippen LogP contribution in [0.5, 0.6) is 0 Å². The van der Waals surface area contributed by atoms with Crippen LogP contribution in [0.4, 0.5) is 0 Å². The highest BCUT2D eigenvalue weighted by Gasteiger charge is 2.33. The number of nitrogens with one attached hydrogen (secondary N) is 1. The van der Waals surface area contributed by atoms with E-state index in [0.717, 1.165) is 0 Å². The Labute approximate surface area is 92.2 Å². The summed E-state index contributed by atoms with van der Waals surface area (Å²) in [7, 11) is 0. The average molecular weight is 213 g/mol. The molecule has 1 heterocycles. The molecular weight excluding hydrogens is 190 g/mol. The number of nitrogens with two attached hydrogens (primary N) is 1. The van der Waals surface area contributed by atoms with Crippen LogP contribution < -0.4 is 11.2 Å². The Balaban J connectivity index is 2.55. The van der Waals surface area contributed by atoms with Crippen LogP contribution in [-0.4, -0.2) is 30.0 Å². The molecule has 88 valence electrons. The average Bonchev–Trinajstić information content (AvgIpc) is 2.47. The zero-order valence-electron chi connectivity index (χ0n) is 10.2. The lowest BCUT2D eigenvalue weighted by Crippen LogP contribution is -2.46. The van der Waals surface area contributed by atoms with Crippen LogP contribution in [0.25, 0.3) is 0 Å². The summed E-state index contributed by atoms with van der Waals surface area (Å²) in [5.74, 6) is 0.676. The number of rotatable bonds is 4. The zero-order chi connectivity index (χ0) is 11.6. The molecule has 0 spiro atoms. The lowest BCUT2D eigenvalue weighted by molar-refractivity contribution is -0.130. The summed E-state index contributed by atoms with van der Waals surface area (Å²) in [6.07, 6.45) is 0.609. The number of amides is 1. The summed E-state index contributed by atoms with van der Waals surface area (Å²) >= 11 is 0. The predicted octanol–water partition coefficient (Wildman–Crippen LogP) is 0.733. The first kappa shape index (κ1) is 12.5. The van der Waals surface area contributed by atoms with E-state index in [9.17, 15) is 4.79 Å². The fourth-order valence-electron chi connectivity index (χ4n) is 1.63. The van der Waals surface area contributed by atoms with E-state index in [1.54, 1.807) is 5.01 Å². The maximum atomic E-state index is 11.7. The second-order valence-electron chi connectivity index (χ2n) is 5.53. The van der Waals surface area contributed by atoms with Gasteiger partial charge in [0.05, 0.1) is 0 Å². The largest absolute Gasteiger partial charge is 0.330 e. The van der Waals surface area contributed by atoms with Gasteiger partial charge in [-0.15, -0.1) is 0 Å². The van der Waals surface area contributed by atoms with Crippen molar-refractivity contribution >= 4 is 5.91 Å². The Kier molecular flexibility index (Phi) is 3.73. The van der Waals surface area contributed by atoms with E-state index in [-0.39, 0.29) is 17.4 Å². The fourth-order valence-corrected chi connectivity index (χ4v) is 1.63. The number of hydrogen-bond donors (Lipinski definition) is 2. The highest BCUT2D eigenvalue weighted by Crippen LogP contribution is 2.20. The molecule has 15 heavy (non-hydrogen) atoms. The van der Waals surface area contributed by atoms with Gasteiger partial charge < -0.3 is 5.73 Å². The second kappa shape index (κ2) is 4.49. The van der Waals surface area contributed by atoms with E-state index in [4.69, 9.17) is 5.73 Å². The smallest absolute Gasteiger partial charge is 0.238 e. The van der Waals surface area contributed by atoms with Gasteiger partial charge in [0.1, 0.15) is 0 Å². The van der Waals surface area contributed by atoms with Crippen molar-refractivity contribution < 1.29 is 4.79 Å². The molecule has 4 nitrogen and oxygen atoms in total. The monoisotopic (exact) mass is 213 g/mol. The van der Waals surface area contributed by atoms with Crippen LogP contribution in [0, 0.1) is 11.3 Å². The van der Waals surface area contributed by atoms with Crippen molar-refractivity contribution in [1.29, 1.82) is 0 Å². The molecule has 1 unspecified atom stereocenters. The lowest BCUT2D eigenvalue weighted by atomic mass is 9.94. The van der Waals surface area contributed by atoms with Gasteiger partial charge in [-0.2, -0.15) is 0 Å². The molecule has 1 amide bonds. The minimum atomic E-state index is -0.0193. The Hall–Kier alpha value is -0.610. The molecule has 0 saturated carbocycles. The Morgan fingerprint density at radius 1 is 1.60 bits per heavy atom. The first-order chi connectivity index (χ1) is 6.85. The first-order valence-electron chi connectivity index (χ1n) is 5.62. The molecule has 1 rings (SSSR count). The lowest BCUT2D eigenvalue weighted by Gasteiger charge is -2.29. The van der Waals surface area contributed by atoms with E-state index in [1.807, 2.05) is 0 Å².